The Morgan fingerprint density at radius 2 is 2.22 bits per heavy atom. The first-order valence-corrected chi connectivity index (χ1v) is 6.66. The largest absolute Gasteiger partial charge is 0.384 e. The van der Waals surface area contributed by atoms with Crippen molar-refractivity contribution in [2.24, 2.45) is 0 Å². The molecule has 1 aromatic rings. The summed E-state index contributed by atoms with van der Waals surface area (Å²) in [5.74, 6) is 0. The molecule has 1 aliphatic heterocycles. The van der Waals surface area contributed by atoms with Gasteiger partial charge in [-0.15, -0.1) is 0 Å². The van der Waals surface area contributed by atoms with Crippen LogP contribution in [0.3, 0.4) is 0 Å². The van der Waals surface area contributed by atoms with Crippen LogP contribution in [0.2, 0.25) is 0 Å². The van der Waals surface area contributed by atoms with Gasteiger partial charge < -0.3 is 5.32 Å². The quantitative estimate of drug-likeness (QED) is 0.636. The van der Waals surface area contributed by atoms with Gasteiger partial charge >= 0.3 is 0 Å². The van der Waals surface area contributed by atoms with E-state index in [-0.39, 0.29) is 16.0 Å². The van der Waals surface area contributed by atoms with Crippen molar-refractivity contribution in [3.05, 3.63) is 33.9 Å². The van der Waals surface area contributed by atoms with E-state index in [1.807, 2.05) is 6.07 Å². The van der Waals surface area contributed by atoms with Crippen molar-refractivity contribution in [3.63, 3.8) is 0 Å². The molecule has 1 aromatic carbocycles. The number of hydrogen-bond donors (Lipinski definition) is 1. The number of nitro benzene ring substituents is 1. The Balaban J connectivity index is 2.39. The van der Waals surface area contributed by atoms with Gasteiger partial charge in [0.1, 0.15) is 0 Å². The van der Waals surface area contributed by atoms with Gasteiger partial charge in [0.15, 0.2) is 0 Å². The van der Waals surface area contributed by atoms with Crippen molar-refractivity contribution < 1.29 is 4.92 Å². The molecule has 0 amide bonds. The maximum absolute atomic E-state index is 10.9. The van der Waals surface area contributed by atoms with E-state index in [0.717, 1.165) is 43.5 Å². The Morgan fingerprint density at radius 3 is 2.83 bits per heavy atom. The van der Waals surface area contributed by atoms with Crippen molar-refractivity contribution >= 4 is 11.4 Å². The second-order valence-corrected chi connectivity index (χ2v) is 5.08. The second-order valence-electron chi connectivity index (χ2n) is 5.08. The number of benzene rings is 1. The molecule has 1 atom stereocenters. The fraction of sp³-hybridized carbons (Fsp3) is 0.571. The fourth-order valence-corrected chi connectivity index (χ4v) is 2.83. The van der Waals surface area contributed by atoms with Crippen LogP contribution in [0.25, 0.3) is 0 Å². The van der Waals surface area contributed by atoms with E-state index in [1.54, 1.807) is 12.1 Å². The van der Waals surface area contributed by atoms with Crippen LogP contribution in [0.15, 0.2) is 18.2 Å². The minimum atomic E-state index is -0.307. The molecule has 2 rings (SSSR count). The second kappa shape index (κ2) is 4.96. The molecular weight excluding hydrogens is 228 g/mol. The van der Waals surface area contributed by atoms with E-state index in [9.17, 15) is 10.1 Å². The number of nitrogens with zero attached hydrogens (tertiary/aromatic N) is 1. The lowest BCUT2D eigenvalue weighted by atomic mass is 9.76. The van der Waals surface area contributed by atoms with E-state index in [2.05, 4.69) is 19.2 Å². The smallest absolute Gasteiger partial charge is 0.269 e. The third kappa shape index (κ3) is 2.07. The molecule has 18 heavy (non-hydrogen) atoms. The highest BCUT2D eigenvalue weighted by Gasteiger charge is 2.37. The SMILES string of the molecule is CCCCC1(CC)CNc2ccc([N+](=O)[O-])cc21. The molecule has 4 heteroatoms. The van der Waals surface area contributed by atoms with E-state index in [4.69, 9.17) is 0 Å². The minimum Gasteiger partial charge on any atom is -0.384 e. The average Bonchev–Trinajstić information content (AvgIpc) is 2.75. The van der Waals surface area contributed by atoms with Crippen LogP contribution in [0.5, 0.6) is 0 Å². The number of fused-ring (bicyclic) bond motifs is 1. The third-order valence-corrected chi connectivity index (χ3v) is 4.09. The van der Waals surface area contributed by atoms with Gasteiger partial charge in [-0.2, -0.15) is 0 Å². The van der Waals surface area contributed by atoms with Gasteiger partial charge in [-0.05, 0) is 24.5 Å². The number of hydrogen-bond acceptors (Lipinski definition) is 3. The van der Waals surface area contributed by atoms with Gasteiger partial charge in [0.05, 0.1) is 4.92 Å². The number of non-ortho nitro benzene ring substituents is 1. The molecule has 1 N–H and O–H groups in total. The summed E-state index contributed by atoms with van der Waals surface area (Å²) in [5.41, 5.74) is 2.48. The summed E-state index contributed by atoms with van der Waals surface area (Å²) < 4.78 is 0. The Hall–Kier alpha value is -1.58. The van der Waals surface area contributed by atoms with Gasteiger partial charge in [0.25, 0.3) is 5.69 Å². The molecule has 0 radical (unpaired) electrons. The molecule has 0 saturated carbocycles. The lowest BCUT2D eigenvalue weighted by Crippen LogP contribution is -2.27. The van der Waals surface area contributed by atoms with Crippen molar-refractivity contribution in [2.75, 3.05) is 11.9 Å². The molecule has 98 valence electrons. The molecule has 1 aliphatic rings. The van der Waals surface area contributed by atoms with Crippen molar-refractivity contribution in [2.45, 2.75) is 44.9 Å². The molecular formula is C14H20N2O2. The van der Waals surface area contributed by atoms with Crippen molar-refractivity contribution in [1.82, 2.24) is 0 Å². The summed E-state index contributed by atoms with van der Waals surface area (Å²) in [6, 6.07) is 5.18. The lowest BCUT2D eigenvalue weighted by molar-refractivity contribution is -0.384. The van der Waals surface area contributed by atoms with Crippen LogP contribution in [-0.4, -0.2) is 11.5 Å². The predicted molar refractivity (Wildman–Crippen MR) is 73.1 cm³/mol. The van der Waals surface area contributed by atoms with Crippen LogP contribution in [0, 0.1) is 10.1 Å². The number of unbranched alkanes of at least 4 members (excludes halogenated alkanes) is 1. The van der Waals surface area contributed by atoms with Crippen molar-refractivity contribution in [1.29, 1.82) is 0 Å². The van der Waals surface area contributed by atoms with Gasteiger partial charge in [0, 0.05) is 29.8 Å². The van der Waals surface area contributed by atoms with E-state index >= 15 is 0 Å². The molecule has 0 aliphatic carbocycles. The standard InChI is InChI=1S/C14H20N2O2/c1-3-5-8-14(4-2)10-15-13-7-6-11(16(17)18)9-12(13)14/h6-7,9,15H,3-5,8,10H2,1-2H3. The number of nitro groups is 1. The number of anilines is 1. The first-order chi connectivity index (χ1) is 8.63. The molecule has 0 bridgehead atoms. The molecule has 0 aromatic heterocycles. The highest BCUT2D eigenvalue weighted by atomic mass is 16.6. The molecule has 1 heterocycles. The Kier molecular flexibility index (Phi) is 3.55. The molecule has 1 unspecified atom stereocenters. The highest BCUT2D eigenvalue weighted by Crippen LogP contribution is 2.44. The first-order valence-electron chi connectivity index (χ1n) is 6.66. The molecule has 0 spiro atoms. The van der Waals surface area contributed by atoms with Crippen molar-refractivity contribution in [3.8, 4) is 0 Å². The summed E-state index contributed by atoms with van der Waals surface area (Å²) >= 11 is 0. The summed E-state index contributed by atoms with van der Waals surface area (Å²) in [6.45, 7) is 5.26. The minimum absolute atomic E-state index is 0.0807. The summed E-state index contributed by atoms with van der Waals surface area (Å²) in [7, 11) is 0. The maximum Gasteiger partial charge on any atom is 0.269 e. The highest BCUT2D eigenvalue weighted by molar-refractivity contribution is 5.63. The Bertz CT molecular complexity index is 459. The van der Waals surface area contributed by atoms with Crippen LogP contribution in [0.1, 0.15) is 45.1 Å². The molecule has 0 saturated heterocycles. The van der Waals surface area contributed by atoms with Crippen LogP contribution < -0.4 is 5.32 Å². The fourth-order valence-electron chi connectivity index (χ4n) is 2.83. The van der Waals surface area contributed by atoms with Gasteiger partial charge in [-0.3, -0.25) is 10.1 Å². The normalized spacial score (nSPS) is 21.4. The predicted octanol–water partition coefficient (Wildman–Crippen LogP) is 3.86. The Morgan fingerprint density at radius 1 is 1.44 bits per heavy atom. The van der Waals surface area contributed by atoms with Crippen LogP contribution in [0.4, 0.5) is 11.4 Å². The maximum atomic E-state index is 10.9. The van der Waals surface area contributed by atoms with Gasteiger partial charge in [-0.25, -0.2) is 0 Å². The summed E-state index contributed by atoms with van der Waals surface area (Å²) in [6.07, 6.45) is 4.44. The van der Waals surface area contributed by atoms with Gasteiger partial charge in [-0.1, -0.05) is 26.7 Å². The molecule has 4 nitrogen and oxygen atoms in total. The summed E-state index contributed by atoms with van der Waals surface area (Å²) in [4.78, 5) is 10.6. The zero-order chi connectivity index (χ0) is 13.2. The average molecular weight is 248 g/mol. The summed E-state index contributed by atoms with van der Waals surface area (Å²) in [5, 5.41) is 14.3. The zero-order valence-electron chi connectivity index (χ0n) is 11.0. The van der Waals surface area contributed by atoms with Crippen LogP contribution in [-0.2, 0) is 5.41 Å². The first kappa shape index (κ1) is 12.9. The van der Waals surface area contributed by atoms with Gasteiger partial charge in [0.2, 0.25) is 0 Å². The van der Waals surface area contributed by atoms with E-state index in [0.29, 0.717) is 0 Å². The van der Waals surface area contributed by atoms with E-state index in [1.165, 1.54) is 0 Å². The monoisotopic (exact) mass is 248 g/mol. The Labute approximate surface area is 108 Å². The number of nitrogens with one attached hydrogen (secondary N) is 1. The van der Waals surface area contributed by atoms with Crippen LogP contribution >= 0.6 is 0 Å². The van der Waals surface area contributed by atoms with E-state index < -0.39 is 0 Å². The third-order valence-electron chi connectivity index (χ3n) is 4.09. The number of rotatable bonds is 5. The molecule has 0 fully saturated rings. The topological polar surface area (TPSA) is 55.2 Å². The lowest BCUT2D eigenvalue weighted by Gasteiger charge is -2.27. The zero-order valence-corrected chi connectivity index (χ0v) is 11.0.